The van der Waals surface area contributed by atoms with Crippen LogP contribution in [0.4, 0.5) is 0 Å². The average molecular weight is 906 g/mol. The Hall–Kier alpha value is -7.76. The van der Waals surface area contributed by atoms with Crippen LogP contribution in [0.25, 0.3) is 56.0 Å². The Morgan fingerprint density at radius 3 is 2.21 bits per heavy atom. The summed E-state index contributed by atoms with van der Waals surface area (Å²) in [5.41, 5.74) is 25.3. The van der Waals surface area contributed by atoms with Crippen molar-refractivity contribution in [2.45, 2.75) is 65.0 Å². The highest BCUT2D eigenvalue weighted by Gasteiger charge is 2.44. The first kappa shape index (κ1) is 41.2. The maximum absolute atomic E-state index is 5.57. The van der Waals surface area contributed by atoms with E-state index in [-0.39, 0.29) is 12.1 Å². The van der Waals surface area contributed by atoms with Crippen LogP contribution in [0.3, 0.4) is 0 Å². The lowest BCUT2D eigenvalue weighted by atomic mass is 9.64. The summed E-state index contributed by atoms with van der Waals surface area (Å²) in [6.07, 6.45) is 17.2. The van der Waals surface area contributed by atoms with Crippen LogP contribution in [0.5, 0.6) is 0 Å². The number of aromatic nitrogens is 2. The maximum Gasteiger partial charge on any atom is 0.159 e. The Morgan fingerprint density at radius 2 is 1.41 bits per heavy atom. The summed E-state index contributed by atoms with van der Waals surface area (Å²) >= 11 is 0. The van der Waals surface area contributed by atoms with Gasteiger partial charge in [0.2, 0.25) is 0 Å². The first-order valence-corrected chi connectivity index (χ1v) is 25.4. The molecule has 4 heterocycles. The number of nitrogens with zero attached hydrogens (tertiary/aromatic N) is 5. The third kappa shape index (κ3) is 6.16. The Kier molecular flexibility index (Phi) is 9.36. The van der Waals surface area contributed by atoms with Gasteiger partial charge in [0.15, 0.2) is 5.84 Å². The van der Waals surface area contributed by atoms with Gasteiger partial charge in [-0.3, -0.25) is 0 Å². The first-order chi connectivity index (χ1) is 34.4. The van der Waals surface area contributed by atoms with Gasteiger partial charge in [0.25, 0.3) is 0 Å². The Morgan fingerprint density at radius 1 is 0.671 bits per heavy atom. The normalized spacial score (nSPS) is 21.1. The smallest absolute Gasteiger partial charge is 0.159 e. The fourth-order valence-corrected chi connectivity index (χ4v) is 13.6. The van der Waals surface area contributed by atoms with Crippen LogP contribution in [0.1, 0.15) is 96.9 Å². The predicted molar refractivity (Wildman–Crippen MR) is 290 cm³/mol. The lowest BCUT2D eigenvalue weighted by Gasteiger charge is -2.42. The molecule has 4 atom stereocenters. The highest BCUT2D eigenvalue weighted by Crippen LogP contribution is 2.58. The van der Waals surface area contributed by atoms with E-state index in [1.165, 1.54) is 89.1 Å². The molecule has 340 valence electrons. The molecule has 4 aliphatic carbocycles. The van der Waals surface area contributed by atoms with E-state index in [2.05, 4.69) is 218 Å². The number of benzene rings is 6. The van der Waals surface area contributed by atoms with Crippen molar-refractivity contribution in [2.75, 3.05) is 7.05 Å². The predicted octanol–water partition coefficient (Wildman–Crippen LogP) is 15.3. The largest absolute Gasteiger partial charge is 0.333 e. The third-order valence-electron chi connectivity index (χ3n) is 16.4. The minimum atomic E-state index is -0.245. The maximum atomic E-state index is 5.57. The van der Waals surface area contributed by atoms with Crippen LogP contribution >= 0.6 is 0 Å². The number of rotatable bonds is 6. The molecule has 5 nitrogen and oxygen atoms in total. The summed E-state index contributed by atoms with van der Waals surface area (Å²) in [6, 6.07) is 53.6. The van der Waals surface area contributed by atoms with Crippen molar-refractivity contribution < 1.29 is 0 Å². The second-order valence-corrected chi connectivity index (χ2v) is 20.5. The molecular formula is C65H55N5. The molecule has 6 aromatic carbocycles. The number of amidine groups is 2. The van der Waals surface area contributed by atoms with Crippen molar-refractivity contribution in [2.24, 2.45) is 21.8 Å². The molecule has 0 bridgehead atoms. The Labute approximate surface area is 410 Å². The van der Waals surface area contributed by atoms with E-state index >= 15 is 0 Å². The zero-order valence-electron chi connectivity index (χ0n) is 40.3. The minimum Gasteiger partial charge on any atom is -0.333 e. The van der Waals surface area contributed by atoms with Gasteiger partial charge in [0, 0.05) is 57.7 Å². The summed E-state index contributed by atoms with van der Waals surface area (Å²) in [6.45, 7) is 7.17. The van der Waals surface area contributed by atoms with Gasteiger partial charge in [-0.05, 0) is 128 Å². The summed E-state index contributed by atoms with van der Waals surface area (Å²) in [5.74, 6) is 2.53. The summed E-state index contributed by atoms with van der Waals surface area (Å²) < 4.78 is 5.23. The highest BCUT2D eigenvalue weighted by molar-refractivity contribution is 6.14. The topological polar surface area (TPSA) is 37.8 Å². The van der Waals surface area contributed by atoms with Crippen LogP contribution in [0.15, 0.2) is 202 Å². The molecule has 2 aliphatic heterocycles. The molecule has 70 heavy (non-hydrogen) atoms. The number of hydrogen-bond donors (Lipinski definition) is 0. The van der Waals surface area contributed by atoms with Crippen LogP contribution in [0.2, 0.25) is 0 Å². The number of aliphatic imine (C=N–C) groups is 2. The third-order valence-corrected chi connectivity index (χ3v) is 16.4. The Bertz CT molecular complexity index is 3730. The molecule has 0 spiro atoms. The molecule has 0 amide bonds. The number of allylic oxidation sites excluding steroid dienone is 9. The van der Waals surface area contributed by atoms with Crippen LogP contribution in [-0.2, 0) is 12.8 Å². The molecule has 14 rings (SSSR count). The van der Waals surface area contributed by atoms with Crippen molar-refractivity contribution in [3.63, 3.8) is 0 Å². The lowest BCUT2D eigenvalue weighted by molar-refractivity contribution is 0.383. The van der Waals surface area contributed by atoms with Gasteiger partial charge in [-0.15, -0.1) is 0 Å². The van der Waals surface area contributed by atoms with E-state index < -0.39 is 0 Å². The van der Waals surface area contributed by atoms with E-state index in [1.54, 1.807) is 11.1 Å². The van der Waals surface area contributed by atoms with E-state index in [4.69, 9.17) is 9.98 Å². The molecule has 0 fully saturated rings. The molecule has 6 aliphatic rings. The van der Waals surface area contributed by atoms with Gasteiger partial charge < -0.3 is 14.0 Å². The molecule has 2 aromatic heterocycles. The van der Waals surface area contributed by atoms with Gasteiger partial charge in [-0.2, -0.15) is 0 Å². The van der Waals surface area contributed by atoms with Crippen LogP contribution in [-0.4, -0.2) is 32.8 Å². The van der Waals surface area contributed by atoms with E-state index in [0.29, 0.717) is 11.8 Å². The van der Waals surface area contributed by atoms with Gasteiger partial charge in [0.05, 0.1) is 22.4 Å². The van der Waals surface area contributed by atoms with Crippen molar-refractivity contribution in [3.05, 3.63) is 237 Å². The zero-order chi connectivity index (χ0) is 46.8. The lowest BCUT2D eigenvalue weighted by Crippen LogP contribution is -2.35. The highest BCUT2D eigenvalue weighted by atomic mass is 15.3. The fourth-order valence-electron chi connectivity index (χ4n) is 13.6. The van der Waals surface area contributed by atoms with Crippen molar-refractivity contribution >= 4 is 45.1 Å². The number of hydrogen-bond acceptors (Lipinski definition) is 3. The standard InChI is InChI=1S/C65H55N5/c1-39-33-40(2)59(41(3)34-39)53-38-55-52-37-46(69-56-29-16-14-25-47(56)48-26-15-17-30-57(48)69)31-32-58(52)70-61-51(42-19-8-5-9-20-42)35-45(36-54(61)50-28-18-27-49(53)60(50)62(55)70)63-66-64(43-21-10-6-11-22-43)68(4)65(67-63)44-23-12-7-13-24-44/h5-14,16-25,28-33,35-37,41,50,53,64H,15,26-27,34,38H2,1-4H3. The van der Waals surface area contributed by atoms with E-state index in [9.17, 15) is 0 Å². The fraction of sp³-hybridized carbons (Fsp3) is 0.200. The van der Waals surface area contributed by atoms with Crippen molar-refractivity contribution in [3.8, 4) is 22.5 Å². The summed E-state index contributed by atoms with van der Waals surface area (Å²) in [7, 11) is 2.12. The molecule has 0 radical (unpaired) electrons. The molecule has 0 N–H and O–H groups in total. The SMILES string of the molecule is CC1=CC(C)=C(C2Cc3c4n(c5ccc(-n6c7c(c8ccccc86)CCC=C7)cc35)-c3c(-c5ccccc5)cc(C5=NC(c6ccccc6)N(C)C(c6ccccc6)=N5)cc3C3C=CCC2=C43)C(C)C1. The second kappa shape index (κ2) is 15.9. The van der Waals surface area contributed by atoms with Gasteiger partial charge >= 0.3 is 0 Å². The van der Waals surface area contributed by atoms with E-state index in [1.807, 2.05) is 0 Å². The summed E-state index contributed by atoms with van der Waals surface area (Å²) in [5, 5.41) is 2.72. The molecule has 4 unspecified atom stereocenters. The Balaban J connectivity index is 1.06. The molecule has 0 saturated heterocycles. The number of para-hydroxylation sites is 1. The second-order valence-electron chi connectivity index (χ2n) is 20.5. The first-order valence-electron chi connectivity index (χ1n) is 25.4. The van der Waals surface area contributed by atoms with Crippen molar-refractivity contribution in [1.29, 1.82) is 0 Å². The quantitative estimate of drug-likeness (QED) is 0.153. The minimum absolute atomic E-state index is 0.0657. The monoisotopic (exact) mass is 905 g/mol. The summed E-state index contributed by atoms with van der Waals surface area (Å²) in [4.78, 5) is 13.3. The molecule has 5 heteroatoms. The number of fused-ring (bicyclic) bond motifs is 9. The number of aryl methyl sites for hydroxylation is 1. The van der Waals surface area contributed by atoms with Gasteiger partial charge in [0.1, 0.15) is 12.0 Å². The van der Waals surface area contributed by atoms with Crippen molar-refractivity contribution in [1.82, 2.24) is 14.0 Å². The van der Waals surface area contributed by atoms with Crippen LogP contribution in [0, 0.1) is 11.8 Å². The van der Waals surface area contributed by atoms with Crippen LogP contribution < -0.4 is 0 Å². The molecular weight excluding hydrogens is 851 g/mol. The molecule has 0 saturated carbocycles. The van der Waals surface area contributed by atoms with E-state index in [0.717, 1.165) is 60.5 Å². The zero-order valence-corrected chi connectivity index (χ0v) is 40.3. The van der Waals surface area contributed by atoms with Gasteiger partial charge in [-0.1, -0.05) is 163 Å². The van der Waals surface area contributed by atoms with Gasteiger partial charge in [-0.25, -0.2) is 9.98 Å². The average Bonchev–Trinajstić information content (AvgIpc) is 3.91. The molecule has 8 aromatic rings.